The molecule has 116 valence electrons. The first-order chi connectivity index (χ1) is 10.6. The molecular formula is C16H15ClFNO3. The second kappa shape index (κ2) is 7.77. The number of nitrogens with one attached hydrogen (secondary N) is 1. The second-order valence-electron chi connectivity index (χ2n) is 4.46. The molecule has 22 heavy (non-hydrogen) atoms. The Morgan fingerprint density at radius 2 is 2.00 bits per heavy atom. The number of hydrogen-bond donors (Lipinski definition) is 2. The molecule has 0 aliphatic rings. The van der Waals surface area contributed by atoms with E-state index < -0.39 is 11.7 Å². The lowest BCUT2D eigenvalue weighted by atomic mass is 10.1. The average molecular weight is 324 g/mol. The number of carbonyl (C=O) groups excluding carboxylic acids is 1. The topological polar surface area (TPSA) is 58.6 Å². The number of aliphatic hydroxyl groups excluding tert-OH is 1. The molecular weight excluding hydrogens is 309 g/mol. The number of carbonyl (C=O) groups is 1. The van der Waals surface area contributed by atoms with Gasteiger partial charge in [-0.05, 0) is 18.2 Å². The molecule has 0 unspecified atom stereocenters. The fourth-order valence-electron chi connectivity index (χ4n) is 1.90. The molecule has 0 aliphatic carbocycles. The Kier molecular flexibility index (Phi) is 5.75. The van der Waals surface area contributed by atoms with Gasteiger partial charge in [0, 0.05) is 12.1 Å². The van der Waals surface area contributed by atoms with Crippen LogP contribution in [0, 0.1) is 5.82 Å². The zero-order chi connectivity index (χ0) is 15.9. The Morgan fingerprint density at radius 3 is 2.77 bits per heavy atom. The standard InChI is InChI=1S/C16H15ClFNO3/c17-15-12(5-3-6-13(15)18)16(21)19-10-11-4-1-2-7-14(11)22-9-8-20/h1-7,20H,8-10H2,(H,19,21). The van der Waals surface area contributed by atoms with Crippen molar-refractivity contribution in [2.24, 2.45) is 0 Å². The molecule has 4 nitrogen and oxygen atoms in total. The van der Waals surface area contributed by atoms with Gasteiger partial charge in [0.25, 0.3) is 5.91 Å². The summed E-state index contributed by atoms with van der Waals surface area (Å²) in [6.45, 7) is 0.271. The molecule has 0 saturated heterocycles. The van der Waals surface area contributed by atoms with Gasteiger partial charge in [-0.1, -0.05) is 35.9 Å². The van der Waals surface area contributed by atoms with Crippen LogP contribution in [0.5, 0.6) is 5.75 Å². The van der Waals surface area contributed by atoms with Crippen LogP contribution in [-0.4, -0.2) is 24.2 Å². The number of benzene rings is 2. The summed E-state index contributed by atoms with van der Waals surface area (Å²) in [6.07, 6.45) is 0. The SMILES string of the molecule is O=C(NCc1ccccc1OCCO)c1cccc(F)c1Cl. The number of rotatable bonds is 6. The maximum absolute atomic E-state index is 13.4. The molecule has 0 bridgehead atoms. The van der Waals surface area contributed by atoms with E-state index in [4.69, 9.17) is 21.4 Å². The van der Waals surface area contributed by atoms with Gasteiger partial charge >= 0.3 is 0 Å². The van der Waals surface area contributed by atoms with Crippen LogP contribution in [-0.2, 0) is 6.54 Å². The molecule has 0 radical (unpaired) electrons. The maximum atomic E-state index is 13.4. The average Bonchev–Trinajstić information content (AvgIpc) is 2.54. The zero-order valence-electron chi connectivity index (χ0n) is 11.7. The number of aliphatic hydroxyl groups is 1. The van der Waals surface area contributed by atoms with Crippen LogP contribution < -0.4 is 10.1 Å². The van der Waals surface area contributed by atoms with Crippen molar-refractivity contribution in [3.8, 4) is 5.75 Å². The fourth-order valence-corrected chi connectivity index (χ4v) is 2.11. The molecule has 0 saturated carbocycles. The van der Waals surface area contributed by atoms with E-state index in [2.05, 4.69) is 5.32 Å². The van der Waals surface area contributed by atoms with Gasteiger partial charge in [0.1, 0.15) is 18.2 Å². The minimum Gasteiger partial charge on any atom is -0.491 e. The van der Waals surface area contributed by atoms with E-state index in [0.717, 1.165) is 5.56 Å². The minimum atomic E-state index is -0.638. The molecule has 2 rings (SSSR count). The molecule has 0 spiro atoms. The normalized spacial score (nSPS) is 10.3. The Labute approximate surface area is 132 Å². The van der Waals surface area contributed by atoms with Gasteiger partial charge in [-0.3, -0.25) is 4.79 Å². The summed E-state index contributed by atoms with van der Waals surface area (Å²) in [5.41, 5.74) is 0.826. The second-order valence-corrected chi connectivity index (χ2v) is 4.84. The first-order valence-electron chi connectivity index (χ1n) is 6.67. The van der Waals surface area contributed by atoms with Gasteiger partial charge in [-0.25, -0.2) is 4.39 Å². The summed E-state index contributed by atoms with van der Waals surface area (Å²) in [6, 6.07) is 11.2. The quantitative estimate of drug-likeness (QED) is 0.859. The van der Waals surface area contributed by atoms with Gasteiger partial charge in [0.15, 0.2) is 0 Å². The Hall–Kier alpha value is -2.11. The summed E-state index contributed by atoms with van der Waals surface area (Å²) >= 11 is 5.78. The number of amides is 1. The van der Waals surface area contributed by atoms with E-state index in [9.17, 15) is 9.18 Å². The van der Waals surface area contributed by atoms with Crippen LogP contribution in [0.15, 0.2) is 42.5 Å². The fraction of sp³-hybridized carbons (Fsp3) is 0.188. The van der Waals surface area contributed by atoms with Crippen LogP contribution in [0.4, 0.5) is 4.39 Å². The summed E-state index contributed by atoms with van der Waals surface area (Å²) < 4.78 is 18.7. The van der Waals surface area contributed by atoms with Crippen molar-refractivity contribution in [2.45, 2.75) is 6.54 Å². The summed E-state index contributed by atoms with van der Waals surface area (Å²) in [7, 11) is 0. The van der Waals surface area contributed by atoms with Crippen molar-refractivity contribution in [1.29, 1.82) is 0 Å². The van der Waals surface area contributed by atoms with Gasteiger partial charge in [0.2, 0.25) is 0 Å². The third-order valence-corrected chi connectivity index (χ3v) is 3.34. The molecule has 2 aromatic rings. The summed E-state index contributed by atoms with van der Waals surface area (Å²) in [5.74, 6) is -0.537. The Bertz CT molecular complexity index is 664. The first kappa shape index (κ1) is 16.3. The molecule has 2 N–H and O–H groups in total. The van der Waals surface area contributed by atoms with Crippen LogP contribution >= 0.6 is 11.6 Å². The highest BCUT2D eigenvalue weighted by molar-refractivity contribution is 6.34. The Balaban J connectivity index is 2.07. The predicted octanol–water partition coefficient (Wildman–Crippen LogP) is 2.78. The van der Waals surface area contributed by atoms with Crippen LogP contribution in [0.25, 0.3) is 0 Å². The summed E-state index contributed by atoms with van der Waals surface area (Å²) in [5, 5.41) is 11.3. The highest BCUT2D eigenvalue weighted by Crippen LogP contribution is 2.21. The van der Waals surface area contributed by atoms with E-state index in [1.54, 1.807) is 18.2 Å². The number of ether oxygens (including phenoxy) is 1. The van der Waals surface area contributed by atoms with Crippen LogP contribution in [0.2, 0.25) is 5.02 Å². The van der Waals surface area contributed by atoms with Crippen molar-refractivity contribution >= 4 is 17.5 Å². The van der Waals surface area contributed by atoms with Crippen LogP contribution in [0.1, 0.15) is 15.9 Å². The minimum absolute atomic E-state index is 0.0791. The van der Waals surface area contributed by atoms with E-state index in [1.807, 2.05) is 6.07 Å². The van der Waals surface area contributed by atoms with Gasteiger partial charge < -0.3 is 15.2 Å². The number of halogens is 2. The van der Waals surface area contributed by atoms with Gasteiger partial charge in [-0.15, -0.1) is 0 Å². The molecule has 2 aromatic carbocycles. The molecule has 6 heteroatoms. The lowest BCUT2D eigenvalue weighted by Crippen LogP contribution is -2.23. The summed E-state index contributed by atoms with van der Waals surface area (Å²) in [4.78, 5) is 12.1. The molecule has 0 aromatic heterocycles. The van der Waals surface area contributed by atoms with E-state index in [1.165, 1.54) is 18.2 Å². The third-order valence-electron chi connectivity index (χ3n) is 2.96. The van der Waals surface area contributed by atoms with E-state index in [-0.39, 0.29) is 30.3 Å². The Morgan fingerprint density at radius 1 is 1.23 bits per heavy atom. The zero-order valence-corrected chi connectivity index (χ0v) is 12.4. The van der Waals surface area contributed by atoms with E-state index >= 15 is 0 Å². The number of hydrogen-bond acceptors (Lipinski definition) is 3. The lowest BCUT2D eigenvalue weighted by molar-refractivity contribution is 0.0950. The molecule has 0 heterocycles. The predicted molar refractivity (Wildman–Crippen MR) is 81.6 cm³/mol. The number of para-hydroxylation sites is 1. The largest absolute Gasteiger partial charge is 0.491 e. The van der Waals surface area contributed by atoms with Gasteiger partial charge in [0.05, 0.1) is 17.2 Å². The third kappa shape index (κ3) is 3.96. The van der Waals surface area contributed by atoms with E-state index in [0.29, 0.717) is 5.75 Å². The van der Waals surface area contributed by atoms with Gasteiger partial charge in [-0.2, -0.15) is 0 Å². The van der Waals surface area contributed by atoms with Crippen LogP contribution in [0.3, 0.4) is 0 Å². The molecule has 0 atom stereocenters. The van der Waals surface area contributed by atoms with Crippen molar-refractivity contribution < 1.29 is 19.0 Å². The van der Waals surface area contributed by atoms with Crippen molar-refractivity contribution in [1.82, 2.24) is 5.32 Å². The molecule has 0 fully saturated rings. The van der Waals surface area contributed by atoms with Crippen molar-refractivity contribution in [3.05, 3.63) is 64.4 Å². The lowest BCUT2D eigenvalue weighted by Gasteiger charge is -2.12. The molecule has 1 amide bonds. The highest BCUT2D eigenvalue weighted by atomic mass is 35.5. The monoisotopic (exact) mass is 323 g/mol. The van der Waals surface area contributed by atoms with Crippen molar-refractivity contribution in [2.75, 3.05) is 13.2 Å². The van der Waals surface area contributed by atoms with Crippen molar-refractivity contribution in [3.63, 3.8) is 0 Å². The maximum Gasteiger partial charge on any atom is 0.253 e. The highest BCUT2D eigenvalue weighted by Gasteiger charge is 2.13. The molecule has 0 aliphatic heterocycles. The first-order valence-corrected chi connectivity index (χ1v) is 7.05. The smallest absolute Gasteiger partial charge is 0.253 e.